The van der Waals surface area contributed by atoms with Crippen molar-refractivity contribution in [2.24, 2.45) is 5.92 Å². The maximum absolute atomic E-state index is 5.68. The number of aromatic nitrogens is 2. The van der Waals surface area contributed by atoms with Gasteiger partial charge in [-0.25, -0.2) is 0 Å². The van der Waals surface area contributed by atoms with E-state index in [-0.39, 0.29) is 6.10 Å². The summed E-state index contributed by atoms with van der Waals surface area (Å²) in [6.45, 7) is 7.42. The Hall–Kier alpha value is -1.36. The molecule has 0 atom stereocenters. The lowest BCUT2D eigenvalue weighted by atomic mass is 9.97. The zero-order valence-electron chi connectivity index (χ0n) is 13.1. The molecule has 0 spiro atoms. The van der Waals surface area contributed by atoms with Gasteiger partial charge in [0.15, 0.2) is 5.82 Å². The first kappa shape index (κ1) is 14.6. The van der Waals surface area contributed by atoms with E-state index in [0.29, 0.717) is 11.9 Å². The third kappa shape index (κ3) is 4.06. The van der Waals surface area contributed by atoms with E-state index in [4.69, 9.17) is 4.74 Å². The Balaban J connectivity index is 1.70. The molecule has 0 amide bonds. The zero-order valence-corrected chi connectivity index (χ0v) is 13.1. The van der Waals surface area contributed by atoms with Crippen LogP contribution in [-0.2, 0) is 0 Å². The smallest absolute Gasteiger partial charge is 0.234 e. The fourth-order valence-electron chi connectivity index (χ4n) is 2.93. The van der Waals surface area contributed by atoms with Crippen LogP contribution in [0.15, 0.2) is 12.4 Å². The predicted octanol–water partition coefficient (Wildman–Crippen LogP) is 2.23. The molecule has 5 nitrogen and oxygen atoms in total. The number of piperidine rings is 1. The molecule has 116 valence electrons. The molecule has 2 aliphatic rings. The summed E-state index contributed by atoms with van der Waals surface area (Å²) < 4.78 is 5.68. The van der Waals surface area contributed by atoms with Crippen LogP contribution in [0, 0.1) is 5.92 Å². The van der Waals surface area contributed by atoms with Gasteiger partial charge in [0.1, 0.15) is 0 Å². The van der Waals surface area contributed by atoms with E-state index in [0.717, 1.165) is 31.4 Å². The molecule has 0 aromatic carbocycles. The maximum Gasteiger partial charge on any atom is 0.234 e. The SMILES string of the molecule is CC(C)Oc1cncc(N(CC2CCNCC2)C2CC2)n1. The van der Waals surface area contributed by atoms with Crippen molar-refractivity contribution in [2.45, 2.75) is 51.7 Å². The minimum absolute atomic E-state index is 0.133. The van der Waals surface area contributed by atoms with Gasteiger partial charge < -0.3 is 15.0 Å². The fourth-order valence-corrected chi connectivity index (χ4v) is 2.93. The van der Waals surface area contributed by atoms with Crippen molar-refractivity contribution >= 4 is 5.82 Å². The normalized spacial score (nSPS) is 19.8. The molecule has 1 aliphatic carbocycles. The lowest BCUT2D eigenvalue weighted by Gasteiger charge is -2.31. The van der Waals surface area contributed by atoms with Crippen LogP contribution < -0.4 is 15.0 Å². The van der Waals surface area contributed by atoms with Gasteiger partial charge in [0.05, 0.1) is 18.5 Å². The van der Waals surface area contributed by atoms with E-state index >= 15 is 0 Å². The van der Waals surface area contributed by atoms with Gasteiger partial charge in [-0.15, -0.1) is 0 Å². The Bertz CT molecular complexity index is 455. The molecule has 1 aromatic heterocycles. The van der Waals surface area contributed by atoms with Crippen molar-refractivity contribution in [3.63, 3.8) is 0 Å². The van der Waals surface area contributed by atoms with Crippen molar-refractivity contribution in [1.29, 1.82) is 0 Å². The van der Waals surface area contributed by atoms with E-state index in [1.807, 2.05) is 20.0 Å². The Labute approximate surface area is 127 Å². The number of rotatable bonds is 6. The molecule has 21 heavy (non-hydrogen) atoms. The second kappa shape index (κ2) is 6.60. The number of ether oxygens (including phenoxy) is 1. The Morgan fingerprint density at radius 2 is 2.00 bits per heavy atom. The highest BCUT2D eigenvalue weighted by Gasteiger charge is 2.32. The standard InChI is InChI=1S/C16H26N4O/c1-12(2)21-16-10-18-9-15(19-16)20(14-3-4-14)11-13-5-7-17-8-6-13/h9-10,12-14,17H,3-8,11H2,1-2H3. The van der Waals surface area contributed by atoms with Crippen LogP contribution in [0.3, 0.4) is 0 Å². The number of hydrogen-bond donors (Lipinski definition) is 1. The summed E-state index contributed by atoms with van der Waals surface area (Å²) in [5.41, 5.74) is 0. The van der Waals surface area contributed by atoms with E-state index in [9.17, 15) is 0 Å². The van der Waals surface area contributed by atoms with Crippen molar-refractivity contribution in [2.75, 3.05) is 24.5 Å². The summed E-state index contributed by atoms with van der Waals surface area (Å²) in [6.07, 6.45) is 8.81. The summed E-state index contributed by atoms with van der Waals surface area (Å²) in [4.78, 5) is 11.4. The number of anilines is 1. The van der Waals surface area contributed by atoms with Crippen molar-refractivity contribution in [3.8, 4) is 5.88 Å². The van der Waals surface area contributed by atoms with E-state index in [1.165, 1.54) is 25.7 Å². The quantitative estimate of drug-likeness (QED) is 0.870. The van der Waals surface area contributed by atoms with Gasteiger partial charge in [0.2, 0.25) is 5.88 Å². The van der Waals surface area contributed by atoms with E-state index in [2.05, 4.69) is 20.2 Å². The largest absolute Gasteiger partial charge is 0.474 e. The van der Waals surface area contributed by atoms with Gasteiger partial charge in [0.25, 0.3) is 0 Å². The van der Waals surface area contributed by atoms with Crippen LogP contribution in [-0.4, -0.2) is 41.7 Å². The van der Waals surface area contributed by atoms with Gasteiger partial charge >= 0.3 is 0 Å². The van der Waals surface area contributed by atoms with Gasteiger partial charge in [-0.1, -0.05) is 0 Å². The fraction of sp³-hybridized carbons (Fsp3) is 0.750. The molecule has 2 heterocycles. The van der Waals surface area contributed by atoms with Crippen LogP contribution >= 0.6 is 0 Å². The molecule has 0 radical (unpaired) electrons. The Morgan fingerprint density at radius 1 is 1.24 bits per heavy atom. The van der Waals surface area contributed by atoms with Gasteiger partial charge in [-0.3, -0.25) is 4.98 Å². The number of nitrogens with one attached hydrogen (secondary N) is 1. The highest BCUT2D eigenvalue weighted by atomic mass is 16.5. The molecule has 0 unspecified atom stereocenters. The zero-order chi connectivity index (χ0) is 14.7. The summed E-state index contributed by atoms with van der Waals surface area (Å²) in [5, 5.41) is 3.44. The summed E-state index contributed by atoms with van der Waals surface area (Å²) in [6, 6.07) is 0.656. The minimum Gasteiger partial charge on any atom is -0.474 e. The van der Waals surface area contributed by atoms with Crippen LogP contribution in [0.4, 0.5) is 5.82 Å². The third-order valence-corrected chi connectivity index (χ3v) is 4.15. The molecular weight excluding hydrogens is 264 g/mol. The molecule has 1 saturated carbocycles. The molecule has 5 heteroatoms. The molecule has 2 fully saturated rings. The third-order valence-electron chi connectivity index (χ3n) is 4.15. The van der Waals surface area contributed by atoms with Crippen LogP contribution in [0.5, 0.6) is 5.88 Å². The molecule has 1 saturated heterocycles. The van der Waals surface area contributed by atoms with Gasteiger partial charge in [-0.05, 0) is 58.5 Å². The summed E-state index contributed by atoms with van der Waals surface area (Å²) in [7, 11) is 0. The van der Waals surface area contributed by atoms with Crippen molar-refractivity contribution in [3.05, 3.63) is 12.4 Å². The summed E-state index contributed by atoms with van der Waals surface area (Å²) in [5.74, 6) is 2.39. The van der Waals surface area contributed by atoms with Crippen LogP contribution in [0.1, 0.15) is 39.5 Å². The van der Waals surface area contributed by atoms with Crippen LogP contribution in [0.25, 0.3) is 0 Å². The maximum atomic E-state index is 5.68. The average molecular weight is 290 g/mol. The lowest BCUT2D eigenvalue weighted by Crippen LogP contribution is -2.37. The van der Waals surface area contributed by atoms with Crippen molar-refractivity contribution < 1.29 is 4.74 Å². The summed E-state index contributed by atoms with van der Waals surface area (Å²) >= 11 is 0. The Kier molecular flexibility index (Phi) is 4.58. The number of nitrogens with zero attached hydrogens (tertiary/aromatic N) is 3. The molecule has 1 N–H and O–H groups in total. The predicted molar refractivity (Wildman–Crippen MR) is 83.8 cm³/mol. The van der Waals surface area contributed by atoms with Gasteiger partial charge in [0, 0.05) is 12.6 Å². The number of hydrogen-bond acceptors (Lipinski definition) is 5. The first-order chi connectivity index (χ1) is 10.2. The lowest BCUT2D eigenvalue weighted by molar-refractivity contribution is 0.231. The highest BCUT2D eigenvalue weighted by Crippen LogP contribution is 2.32. The van der Waals surface area contributed by atoms with Crippen molar-refractivity contribution in [1.82, 2.24) is 15.3 Å². The second-order valence-corrected chi connectivity index (χ2v) is 6.46. The molecular formula is C16H26N4O. The first-order valence-electron chi connectivity index (χ1n) is 8.18. The van der Waals surface area contributed by atoms with Crippen LogP contribution in [0.2, 0.25) is 0 Å². The average Bonchev–Trinajstić information content (AvgIpc) is 3.30. The minimum atomic E-state index is 0.133. The molecule has 1 aliphatic heterocycles. The monoisotopic (exact) mass is 290 g/mol. The van der Waals surface area contributed by atoms with E-state index < -0.39 is 0 Å². The molecule has 0 bridgehead atoms. The molecule has 3 rings (SSSR count). The van der Waals surface area contributed by atoms with E-state index in [1.54, 1.807) is 6.20 Å². The second-order valence-electron chi connectivity index (χ2n) is 6.46. The first-order valence-corrected chi connectivity index (χ1v) is 8.18. The topological polar surface area (TPSA) is 50.3 Å². The Morgan fingerprint density at radius 3 is 2.67 bits per heavy atom. The van der Waals surface area contributed by atoms with Gasteiger partial charge in [-0.2, -0.15) is 4.98 Å². The molecule has 1 aromatic rings. The highest BCUT2D eigenvalue weighted by molar-refractivity contribution is 5.41.